The number of aromatic nitrogens is 3. The van der Waals surface area contributed by atoms with Crippen LogP contribution < -0.4 is 0 Å². The topological polar surface area (TPSA) is 78.9 Å². The van der Waals surface area contributed by atoms with E-state index in [4.69, 9.17) is 9.90 Å². The summed E-state index contributed by atoms with van der Waals surface area (Å²) in [6.45, 7) is 8.26. The molecule has 6 heteroatoms. The Balaban J connectivity index is 0.000000545. The summed E-state index contributed by atoms with van der Waals surface area (Å²) in [5.74, 6) is 1.01. The lowest BCUT2D eigenvalue weighted by Crippen LogP contribution is -2.13. The smallest absolute Gasteiger partial charge is 0.290 e. The lowest BCUT2D eigenvalue weighted by atomic mass is 9.96. The molecule has 22 heavy (non-hydrogen) atoms. The van der Waals surface area contributed by atoms with Crippen molar-refractivity contribution in [2.75, 3.05) is 0 Å². The third-order valence-corrected chi connectivity index (χ3v) is 4.04. The molecule has 0 spiro atoms. The minimum absolute atomic E-state index is 0.0412. The number of aromatic amines is 1. The van der Waals surface area contributed by atoms with Gasteiger partial charge in [-0.05, 0) is 19.1 Å². The minimum Gasteiger partial charge on any atom is -0.483 e. The normalized spacial score (nSPS) is 11.1. The second-order valence-corrected chi connectivity index (χ2v) is 7.15. The highest BCUT2D eigenvalue weighted by molar-refractivity contribution is 7.18. The van der Waals surface area contributed by atoms with E-state index >= 15 is 0 Å². The molecule has 0 radical (unpaired) electrons. The van der Waals surface area contributed by atoms with E-state index in [-0.39, 0.29) is 11.9 Å². The number of hydrogen-bond acceptors (Lipinski definition) is 4. The molecule has 2 aromatic heterocycles. The average molecular weight is 317 g/mol. The van der Waals surface area contributed by atoms with Crippen LogP contribution in [0.5, 0.6) is 0 Å². The molecular weight excluding hydrogens is 298 g/mol. The van der Waals surface area contributed by atoms with Gasteiger partial charge >= 0.3 is 0 Å². The molecule has 0 aliphatic heterocycles. The largest absolute Gasteiger partial charge is 0.483 e. The number of benzene rings is 1. The summed E-state index contributed by atoms with van der Waals surface area (Å²) in [6.07, 6.45) is 1.90. The molecule has 0 fully saturated rings. The zero-order chi connectivity index (χ0) is 16.3. The number of nitrogens with zero attached hydrogens (tertiary/aromatic N) is 2. The van der Waals surface area contributed by atoms with Gasteiger partial charge in [0.25, 0.3) is 6.47 Å². The molecular formula is C16H19N3O2S. The van der Waals surface area contributed by atoms with Crippen molar-refractivity contribution >= 4 is 28.0 Å². The first kappa shape index (κ1) is 16.2. The second-order valence-electron chi connectivity index (χ2n) is 5.92. The number of nitrogens with one attached hydrogen (secondary N) is 1. The maximum Gasteiger partial charge on any atom is 0.290 e. The summed E-state index contributed by atoms with van der Waals surface area (Å²) < 4.78 is 1.23. The Morgan fingerprint density at radius 2 is 2.00 bits per heavy atom. The van der Waals surface area contributed by atoms with Gasteiger partial charge in [0.15, 0.2) is 0 Å². The van der Waals surface area contributed by atoms with Crippen LogP contribution in [0.25, 0.3) is 21.5 Å². The second kappa shape index (κ2) is 6.27. The summed E-state index contributed by atoms with van der Waals surface area (Å²) in [7, 11) is 0. The third-order valence-electron chi connectivity index (χ3n) is 3.09. The Hall–Kier alpha value is -2.21. The van der Waals surface area contributed by atoms with Gasteiger partial charge in [-0.2, -0.15) is 0 Å². The van der Waals surface area contributed by atoms with Crippen LogP contribution in [0.2, 0.25) is 0 Å². The number of hydrogen-bond donors (Lipinski definition) is 2. The lowest BCUT2D eigenvalue weighted by Gasteiger charge is -2.14. The van der Waals surface area contributed by atoms with E-state index in [9.17, 15) is 0 Å². The van der Waals surface area contributed by atoms with Crippen LogP contribution in [0, 0.1) is 6.92 Å². The number of H-pyrrole nitrogens is 1. The molecule has 0 unspecified atom stereocenters. The van der Waals surface area contributed by atoms with E-state index in [2.05, 4.69) is 53.9 Å². The predicted molar refractivity (Wildman–Crippen MR) is 89.3 cm³/mol. The van der Waals surface area contributed by atoms with E-state index in [1.54, 1.807) is 11.3 Å². The molecule has 0 bridgehead atoms. The summed E-state index contributed by atoms with van der Waals surface area (Å²) in [4.78, 5) is 20.8. The van der Waals surface area contributed by atoms with Gasteiger partial charge < -0.3 is 10.1 Å². The fraction of sp³-hybridized carbons (Fsp3) is 0.312. The maximum atomic E-state index is 8.36. The highest BCUT2D eigenvalue weighted by Crippen LogP contribution is 2.28. The van der Waals surface area contributed by atoms with Gasteiger partial charge in [-0.3, -0.25) is 4.79 Å². The summed E-state index contributed by atoms with van der Waals surface area (Å²) in [5.41, 5.74) is 3.30. The number of rotatable bonds is 1. The van der Waals surface area contributed by atoms with Crippen LogP contribution in [-0.2, 0) is 10.2 Å². The standard InChI is InChI=1S/C15H17N3S.CH2O2/c1-9-17-11-7-10(5-6-13(11)19-9)12-8-16-14(18-12)15(2,3)4;2-1-3/h5-8H,1-4H3,(H,16,18);1H,(H,2,3). The molecule has 0 saturated heterocycles. The number of thiazole rings is 1. The van der Waals surface area contributed by atoms with Crippen molar-refractivity contribution in [2.24, 2.45) is 0 Å². The van der Waals surface area contributed by atoms with Gasteiger partial charge in [-0.1, -0.05) is 26.8 Å². The van der Waals surface area contributed by atoms with Crippen molar-refractivity contribution in [1.29, 1.82) is 0 Å². The molecule has 1 aromatic carbocycles. The first-order valence-electron chi connectivity index (χ1n) is 6.86. The van der Waals surface area contributed by atoms with Crippen LogP contribution in [0.1, 0.15) is 31.6 Å². The van der Waals surface area contributed by atoms with Crippen LogP contribution in [0.4, 0.5) is 0 Å². The SMILES string of the molecule is Cc1nc2cc(-c3cnc(C(C)(C)C)[nH]3)ccc2s1.O=CO. The van der Waals surface area contributed by atoms with Crippen molar-refractivity contribution in [3.05, 3.63) is 35.2 Å². The monoisotopic (exact) mass is 317 g/mol. The van der Waals surface area contributed by atoms with E-state index in [1.165, 1.54) is 4.70 Å². The highest BCUT2D eigenvalue weighted by atomic mass is 32.1. The molecule has 2 N–H and O–H groups in total. The van der Waals surface area contributed by atoms with Gasteiger partial charge in [0.2, 0.25) is 0 Å². The molecule has 3 rings (SSSR count). The molecule has 0 aliphatic carbocycles. The third kappa shape index (κ3) is 3.51. The van der Waals surface area contributed by atoms with Crippen molar-refractivity contribution < 1.29 is 9.90 Å². The van der Waals surface area contributed by atoms with Gasteiger partial charge in [-0.25, -0.2) is 9.97 Å². The lowest BCUT2D eigenvalue weighted by molar-refractivity contribution is -0.122. The zero-order valence-corrected chi connectivity index (χ0v) is 13.9. The molecule has 3 aromatic rings. The number of imidazole rings is 1. The molecule has 0 aliphatic rings. The van der Waals surface area contributed by atoms with Crippen LogP contribution in [0.3, 0.4) is 0 Å². The van der Waals surface area contributed by atoms with Crippen molar-refractivity contribution in [3.8, 4) is 11.3 Å². The minimum atomic E-state index is -0.250. The molecule has 0 saturated carbocycles. The fourth-order valence-corrected chi connectivity index (χ4v) is 2.87. The Morgan fingerprint density at radius 1 is 1.32 bits per heavy atom. The highest BCUT2D eigenvalue weighted by Gasteiger charge is 2.17. The van der Waals surface area contributed by atoms with E-state index < -0.39 is 0 Å². The predicted octanol–water partition coefficient (Wildman–Crippen LogP) is 3.99. The van der Waals surface area contributed by atoms with Gasteiger partial charge in [0, 0.05) is 11.0 Å². The zero-order valence-electron chi connectivity index (χ0n) is 13.0. The fourth-order valence-electron chi connectivity index (χ4n) is 2.06. The molecule has 0 amide bonds. The molecule has 5 nitrogen and oxygen atoms in total. The Labute approximate surface area is 133 Å². The number of aryl methyl sites for hydroxylation is 1. The van der Waals surface area contributed by atoms with Gasteiger partial charge in [0.05, 0.1) is 27.1 Å². The maximum absolute atomic E-state index is 8.36. The number of fused-ring (bicyclic) bond motifs is 1. The first-order chi connectivity index (χ1) is 10.3. The average Bonchev–Trinajstić information content (AvgIpc) is 3.02. The van der Waals surface area contributed by atoms with Crippen LogP contribution in [-0.4, -0.2) is 26.5 Å². The molecule has 2 heterocycles. The quantitative estimate of drug-likeness (QED) is 0.665. The number of carbonyl (C=O) groups is 1. The van der Waals surface area contributed by atoms with Crippen molar-refractivity contribution in [3.63, 3.8) is 0 Å². The van der Waals surface area contributed by atoms with Crippen molar-refractivity contribution in [2.45, 2.75) is 33.1 Å². The number of carboxylic acid groups (broad SMARTS) is 1. The van der Waals surface area contributed by atoms with Gasteiger partial charge in [-0.15, -0.1) is 11.3 Å². The van der Waals surface area contributed by atoms with E-state index in [0.29, 0.717) is 0 Å². The molecule has 116 valence electrons. The summed E-state index contributed by atoms with van der Waals surface area (Å²) in [6, 6.07) is 6.38. The van der Waals surface area contributed by atoms with E-state index in [1.807, 2.05) is 13.1 Å². The Kier molecular flexibility index (Phi) is 4.61. The Bertz CT molecular complexity index is 784. The van der Waals surface area contributed by atoms with Gasteiger partial charge in [0.1, 0.15) is 5.82 Å². The molecule has 0 atom stereocenters. The van der Waals surface area contributed by atoms with E-state index in [0.717, 1.165) is 27.6 Å². The Morgan fingerprint density at radius 3 is 2.59 bits per heavy atom. The van der Waals surface area contributed by atoms with Crippen LogP contribution in [0.15, 0.2) is 24.4 Å². The summed E-state index contributed by atoms with van der Waals surface area (Å²) >= 11 is 1.73. The van der Waals surface area contributed by atoms with Crippen LogP contribution >= 0.6 is 11.3 Å². The first-order valence-corrected chi connectivity index (χ1v) is 7.67. The summed E-state index contributed by atoms with van der Waals surface area (Å²) in [5, 5.41) is 7.99. The van der Waals surface area contributed by atoms with Crippen molar-refractivity contribution in [1.82, 2.24) is 15.0 Å².